The lowest BCUT2D eigenvalue weighted by molar-refractivity contribution is -0.136. The number of pyridine rings is 1. The molecule has 1 unspecified atom stereocenters. The van der Waals surface area contributed by atoms with Gasteiger partial charge < -0.3 is 24.7 Å². The SMILES string of the molecule is CN(C(=O)Nc1cc(F)c(Oc2ccnc3[nH]cc(C(F)(F)F)c23)c(F)c1)C1CCOC1. The van der Waals surface area contributed by atoms with Crippen LogP contribution in [0.15, 0.2) is 30.6 Å². The number of fused-ring (bicyclic) bond motifs is 1. The molecule has 1 saturated heterocycles. The smallest absolute Gasteiger partial charge is 0.418 e. The molecule has 7 nitrogen and oxygen atoms in total. The Morgan fingerprint density at radius 2 is 2.03 bits per heavy atom. The molecule has 32 heavy (non-hydrogen) atoms. The standard InChI is InChI=1S/C20H17F5N4O3/c1-29(11-3-5-31-9-11)19(30)28-10-6-13(21)17(14(22)7-10)32-15-2-4-26-18-16(15)12(8-27-18)20(23,24)25/h2,4,6-8,11H,3,5,9H2,1H3,(H,26,27)(H,28,30). The van der Waals surface area contributed by atoms with Crippen LogP contribution in [0.5, 0.6) is 11.5 Å². The van der Waals surface area contributed by atoms with E-state index in [4.69, 9.17) is 9.47 Å². The van der Waals surface area contributed by atoms with Gasteiger partial charge in [0.2, 0.25) is 0 Å². The molecule has 2 N–H and O–H groups in total. The van der Waals surface area contributed by atoms with Gasteiger partial charge in [-0.2, -0.15) is 13.2 Å². The van der Waals surface area contributed by atoms with Crippen molar-refractivity contribution in [3.05, 3.63) is 47.8 Å². The van der Waals surface area contributed by atoms with Gasteiger partial charge in [-0.3, -0.25) is 0 Å². The summed E-state index contributed by atoms with van der Waals surface area (Å²) >= 11 is 0. The van der Waals surface area contributed by atoms with E-state index in [1.54, 1.807) is 0 Å². The van der Waals surface area contributed by atoms with Crippen molar-refractivity contribution in [1.29, 1.82) is 0 Å². The first kappa shape index (κ1) is 21.8. The zero-order valence-corrected chi connectivity index (χ0v) is 16.6. The normalized spacial score (nSPS) is 16.4. The number of likely N-dealkylation sites (N-methyl/N-ethyl adjacent to an activating group) is 1. The summed E-state index contributed by atoms with van der Waals surface area (Å²) in [5.74, 6) is -3.76. The summed E-state index contributed by atoms with van der Waals surface area (Å²) in [6.45, 7) is 0.871. The second-order valence-corrected chi connectivity index (χ2v) is 7.16. The highest BCUT2D eigenvalue weighted by molar-refractivity contribution is 5.90. The second kappa shape index (κ2) is 8.26. The van der Waals surface area contributed by atoms with Crippen molar-refractivity contribution in [1.82, 2.24) is 14.9 Å². The Hall–Kier alpha value is -3.41. The molecule has 3 aromatic rings. The van der Waals surface area contributed by atoms with Gasteiger partial charge in [0.1, 0.15) is 11.4 Å². The number of halogens is 5. The molecular formula is C20H17F5N4O3. The highest BCUT2D eigenvalue weighted by atomic mass is 19.4. The predicted molar refractivity (Wildman–Crippen MR) is 104 cm³/mol. The number of alkyl halides is 3. The maximum Gasteiger partial charge on any atom is 0.418 e. The fourth-order valence-corrected chi connectivity index (χ4v) is 3.38. The molecule has 1 aliphatic heterocycles. The van der Waals surface area contributed by atoms with Crippen molar-refractivity contribution in [2.45, 2.75) is 18.6 Å². The Morgan fingerprint density at radius 3 is 2.66 bits per heavy atom. The maximum atomic E-state index is 14.6. The summed E-state index contributed by atoms with van der Waals surface area (Å²) in [7, 11) is 1.53. The number of benzene rings is 1. The average Bonchev–Trinajstić information content (AvgIpc) is 3.40. The van der Waals surface area contributed by atoms with Crippen LogP contribution in [0, 0.1) is 11.6 Å². The van der Waals surface area contributed by atoms with E-state index in [2.05, 4.69) is 15.3 Å². The molecule has 1 aromatic carbocycles. The number of aromatic nitrogens is 2. The van der Waals surface area contributed by atoms with E-state index in [0.29, 0.717) is 25.8 Å². The quantitative estimate of drug-likeness (QED) is 0.547. The minimum Gasteiger partial charge on any atom is -0.450 e. The molecule has 1 aliphatic rings. The number of nitrogens with zero attached hydrogens (tertiary/aromatic N) is 2. The predicted octanol–water partition coefficient (Wildman–Crippen LogP) is 4.90. The van der Waals surface area contributed by atoms with Crippen molar-refractivity contribution in [2.75, 3.05) is 25.6 Å². The molecule has 1 atom stereocenters. The lowest BCUT2D eigenvalue weighted by atomic mass is 10.2. The number of hydrogen-bond donors (Lipinski definition) is 2. The van der Waals surface area contributed by atoms with Gasteiger partial charge >= 0.3 is 12.2 Å². The minimum absolute atomic E-state index is 0.154. The van der Waals surface area contributed by atoms with Gasteiger partial charge in [-0.15, -0.1) is 0 Å². The third-order valence-corrected chi connectivity index (χ3v) is 5.08. The molecule has 0 saturated carbocycles. The number of carbonyl (C=O) groups is 1. The number of amides is 2. The minimum atomic E-state index is -4.74. The number of anilines is 1. The van der Waals surface area contributed by atoms with E-state index in [1.165, 1.54) is 11.9 Å². The highest BCUT2D eigenvalue weighted by Crippen LogP contribution is 2.40. The van der Waals surface area contributed by atoms with Crippen LogP contribution in [-0.4, -0.2) is 47.2 Å². The molecule has 0 spiro atoms. The molecule has 4 rings (SSSR count). The van der Waals surface area contributed by atoms with Gasteiger partial charge in [-0.1, -0.05) is 0 Å². The monoisotopic (exact) mass is 456 g/mol. The largest absolute Gasteiger partial charge is 0.450 e. The van der Waals surface area contributed by atoms with Gasteiger partial charge in [0.25, 0.3) is 0 Å². The molecule has 12 heteroatoms. The number of carbonyl (C=O) groups excluding carboxylic acids is 1. The maximum absolute atomic E-state index is 14.6. The van der Waals surface area contributed by atoms with Gasteiger partial charge in [0, 0.05) is 43.9 Å². The van der Waals surface area contributed by atoms with Gasteiger partial charge in [0.05, 0.1) is 23.6 Å². The lowest BCUT2D eigenvalue weighted by Crippen LogP contribution is -2.40. The van der Waals surface area contributed by atoms with E-state index in [-0.39, 0.29) is 17.4 Å². The van der Waals surface area contributed by atoms with E-state index in [1.807, 2.05) is 0 Å². The van der Waals surface area contributed by atoms with Crippen LogP contribution in [-0.2, 0) is 10.9 Å². The van der Waals surface area contributed by atoms with Crippen molar-refractivity contribution in [3.8, 4) is 11.5 Å². The number of hydrogen-bond acceptors (Lipinski definition) is 4. The topological polar surface area (TPSA) is 79.5 Å². The van der Waals surface area contributed by atoms with Crippen molar-refractivity contribution >= 4 is 22.8 Å². The Kier molecular flexibility index (Phi) is 5.63. The Balaban J connectivity index is 1.60. The molecule has 0 aliphatic carbocycles. The summed E-state index contributed by atoms with van der Waals surface area (Å²) in [6.07, 6.45) is -2.26. The van der Waals surface area contributed by atoms with Crippen LogP contribution in [0.1, 0.15) is 12.0 Å². The highest BCUT2D eigenvalue weighted by Gasteiger charge is 2.35. The number of rotatable bonds is 4. The summed E-state index contributed by atoms with van der Waals surface area (Å²) in [6, 6.07) is 1.94. The van der Waals surface area contributed by atoms with E-state index >= 15 is 0 Å². The molecule has 0 radical (unpaired) electrons. The number of aromatic amines is 1. The third kappa shape index (κ3) is 4.17. The van der Waals surface area contributed by atoms with Crippen molar-refractivity contribution in [2.24, 2.45) is 0 Å². The lowest BCUT2D eigenvalue weighted by Gasteiger charge is -2.23. The number of nitrogens with one attached hydrogen (secondary N) is 2. The molecule has 2 aromatic heterocycles. The molecule has 3 heterocycles. The van der Waals surface area contributed by atoms with Crippen LogP contribution >= 0.6 is 0 Å². The average molecular weight is 456 g/mol. The zero-order chi connectivity index (χ0) is 23.0. The van der Waals surface area contributed by atoms with E-state index in [0.717, 1.165) is 24.4 Å². The van der Waals surface area contributed by atoms with Crippen LogP contribution in [0.3, 0.4) is 0 Å². The van der Waals surface area contributed by atoms with Gasteiger partial charge in [-0.05, 0) is 12.5 Å². The zero-order valence-electron chi connectivity index (χ0n) is 16.6. The molecule has 170 valence electrons. The van der Waals surface area contributed by atoms with Gasteiger partial charge in [0.15, 0.2) is 17.4 Å². The van der Waals surface area contributed by atoms with Gasteiger partial charge in [-0.25, -0.2) is 18.6 Å². The van der Waals surface area contributed by atoms with Crippen molar-refractivity contribution < 1.29 is 36.2 Å². The van der Waals surface area contributed by atoms with Crippen LogP contribution in [0.25, 0.3) is 11.0 Å². The van der Waals surface area contributed by atoms with Crippen LogP contribution in [0.2, 0.25) is 0 Å². The summed E-state index contributed by atoms with van der Waals surface area (Å²) in [4.78, 5) is 19.8. The summed E-state index contributed by atoms with van der Waals surface area (Å²) < 4.78 is 79.5. The Labute approximate surface area is 178 Å². The molecule has 0 bridgehead atoms. The second-order valence-electron chi connectivity index (χ2n) is 7.16. The number of ether oxygens (including phenoxy) is 2. The Morgan fingerprint density at radius 1 is 1.31 bits per heavy atom. The summed E-state index contributed by atoms with van der Waals surface area (Å²) in [5, 5.41) is 1.92. The van der Waals surface area contributed by atoms with E-state index < -0.39 is 46.3 Å². The Bertz CT molecular complexity index is 1130. The number of urea groups is 1. The molecule has 2 amide bonds. The molecule has 1 fully saturated rings. The van der Waals surface area contributed by atoms with E-state index in [9.17, 15) is 26.7 Å². The fourth-order valence-electron chi connectivity index (χ4n) is 3.38. The summed E-state index contributed by atoms with van der Waals surface area (Å²) in [5.41, 5.74) is -1.42. The number of H-pyrrole nitrogens is 1. The third-order valence-electron chi connectivity index (χ3n) is 5.08. The fraction of sp³-hybridized carbons (Fsp3) is 0.300. The van der Waals surface area contributed by atoms with Crippen LogP contribution < -0.4 is 10.1 Å². The first-order valence-corrected chi connectivity index (χ1v) is 9.47. The molecular weight excluding hydrogens is 439 g/mol. The van der Waals surface area contributed by atoms with Crippen molar-refractivity contribution in [3.63, 3.8) is 0 Å². The first-order chi connectivity index (χ1) is 15.1. The van der Waals surface area contributed by atoms with Crippen LogP contribution in [0.4, 0.5) is 32.4 Å². The first-order valence-electron chi connectivity index (χ1n) is 9.47.